The monoisotopic (exact) mass is 533 g/mol. The lowest BCUT2D eigenvalue weighted by Crippen LogP contribution is -2.53. The molecule has 2 aromatic carbocycles. The van der Waals surface area contributed by atoms with Crippen LogP contribution in [0.5, 0.6) is 0 Å². The summed E-state index contributed by atoms with van der Waals surface area (Å²) in [5, 5.41) is 18.2. The van der Waals surface area contributed by atoms with E-state index in [1.165, 1.54) is 4.90 Å². The fraction of sp³-hybridized carbons (Fsp3) is 0.414. The highest BCUT2D eigenvalue weighted by molar-refractivity contribution is 5.99. The Hall–Kier alpha value is -4.21. The van der Waals surface area contributed by atoms with Gasteiger partial charge in [-0.1, -0.05) is 67.8 Å². The summed E-state index contributed by atoms with van der Waals surface area (Å²) in [5.74, 6) is -1.11. The summed E-state index contributed by atoms with van der Waals surface area (Å²) >= 11 is 0. The molecule has 10 nitrogen and oxygen atoms in total. The van der Waals surface area contributed by atoms with Crippen LogP contribution >= 0.6 is 0 Å². The molecule has 39 heavy (non-hydrogen) atoms. The summed E-state index contributed by atoms with van der Waals surface area (Å²) in [5.41, 5.74) is 13.9. The lowest BCUT2D eigenvalue weighted by atomic mass is 9.82. The molecule has 0 unspecified atom stereocenters. The van der Waals surface area contributed by atoms with Gasteiger partial charge in [-0.05, 0) is 29.9 Å². The highest BCUT2D eigenvalue weighted by atomic mass is 16.2. The van der Waals surface area contributed by atoms with Crippen LogP contribution in [0.4, 0.5) is 0 Å². The number of hydrogen-bond donors (Lipinski definition) is 5. The van der Waals surface area contributed by atoms with Gasteiger partial charge in [-0.15, -0.1) is 0 Å². The van der Waals surface area contributed by atoms with E-state index in [2.05, 4.69) is 5.32 Å². The minimum atomic E-state index is -0.739. The fourth-order valence-electron chi connectivity index (χ4n) is 4.87. The third kappa shape index (κ3) is 8.13. The fourth-order valence-corrected chi connectivity index (χ4v) is 4.87. The SMILES string of the molecule is CN(C)C(=O)CC(=O)N(Cc1ccc(C(=N)N)cc1)[C@H](C(=O)NCc1ccc(C(=N)N)cc1)C1CCCCC1. The molecule has 7 N–H and O–H groups in total. The van der Waals surface area contributed by atoms with Crippen molar-refractivity contribution in [1.29, 1.82) is 10.8 Å². The van der Waals surface area contributed by atoms with Gasteiger partial charge in [0.05, 0.1) is 0 Å². The molecule has 3 rings (SSSR count). The summed E-state index contributed by atoms with van der Waals surface area (Å²) in [6.45, 7) is 0.409. The quantitative estimate of drug-likeness (QED) is 0.169. The van der Waals surface area contributed by atoms with E-state index in [-0.39, 0.29) is 48.9 Å². The van der Waals surface area contributed by atoms with E-state index in [1.807, 2.05) is 12.1 Å². The molecule has 0 aliphatic heterocycles. The summed E-state index contributed by atoms with van der Waals surface area (Å²) in [7, 11) is 3.20. The predicted molar refractivity (Wildman–Crippen MR) is 151 cm³/mol. The van der Waals surface area contributed by atoms with Crippen molar-refractivity contribution in [3.8, 4) is 0 Å². The summed E-state index contributed by atoms with van der Waals surface area (Å²) in [6, 6.07) is 13.3. The van der Waals surface area contributed by atoms with Crippen molar-refractivity contribution in [2.75, 3.05) is 14.1 Å². The third-order valence-electron chi connectivity index (χ3n) is 7.17. The number of nitrogens with zero attached hydrogens (tertiary/aromatic N) is 2. The van der Waals surface area contributed by atoms with Crippen LogP contribution in [-0.2, 0) is 27.5 Å². The van der Waals surface area contributed by atoms with Gasteiger partial charge in [0.1, 0.15) is 24.1 Å². The van der Waals surface area contributed by atoms with E-state index in [9.17, 15) is 14.4 Å². The topological polar surface area (TPSA) is 169 Å². The van der Waals surface area contributed by atoms with Crippen molar-refractivity contribution < 1.29 is 14.4 Å². The minimum Gasteiger partial charge on any atom is -0.384 e. The lowest BCUT2D eigenvalue weighted by Gasteiger charge is -2.38. The van der Waals surface area contributed by atoms with E-state index in [4.69, 9.17) is 22.3 Å². The molecule has 1 aliphatic carbocycles. The van der Waals surface area contributed by atoms with E-state index in [0.29, 0.717) is 11.1 Å². The van der Waals surface area contributed by atoms with Crippen molar-refractivity contribution in [2.45, 2.75) is 57.7 Å². The number of nitrogens with one attached hydrogen (secondary N) is 3. The Labute approximate surface area is 229 Å². The second kappa shape index (κ2) is 13.5. The number of nitrogens with two attached hydrogens (primary N) is 2. The standard InChI is InChI=1S/C29H39N7O3/c1-35(2)24(37)16-25(38)36(18-20-10-14-23(15-11-20)28(32)33)26(21-6-4-3-5-7-21)29(39)34-17-19-8-12-22(13-9-19)27(30)31/h8-15,21,26H,3-7,16-18H2,1-2H3,(H3,30,31)(H3,32,33)(H,34,39)/t26-/m0/s1. The van der Waals surface area contributed by atoms with Crippen molar-refractivity contribution in [3.05, 3.63) is 70.8 Å². The zero-order chi connectivity index (χ0) is 28.5. The molecule has 1 saturated carbocycles. The number of benzene rings is 2. The number of carbonyl (C=O) groups is 3. The predicted octanol–water partition coefficient (Wildman–Crippen LogP) is 2.33. The molecule has 1 fully saturated rings. The molecule has 0 radical (unpaired) electrons. The zero-order valence-corrected chi connectivity index (χ0v) is 22.7. The van der Waals surface area contributed by atoms with Crippen molar-refractivity contribution in [1.82, 2.24) is 15.1 Å². The molecule has 3 amide bonds. The molecule has 2 aromatic rings. The molecule has 10 heteroatoms. The highest BCUT2D eigenvalue weighted by Crippen LogP contribution is 2.31. The second-order valence-electron chi connectivity index (χ2n) is 10.3. The van der Waals surface area contributed by atoms with Crippen molar-refractivity contribution in [3.63, 3.8) is 0 Å². The number of hydrogen-bond acceptors (Lipinski definition) is 5. The number of nitrogen functional groups attached to an aromatic ring is 2. The van der Waals surface area contributed by atoms with Crippen molar-refractivity contribution >= 4 is 29.4 Å². The first kappa shape index (κ1) is 29.3. The number of rotatable bonds is 11. The van der Waals surface area contributed by atoms with E-state index in [1.54, 1.807) is 55.4 Å². The molecule has 1 atom stereocenters. The van der Waals surface area contributed by atoms with Crippen LogP contribution in [0.15, 0.2) is 48.5 Å². The molecule has 208 valence electrons. The Morgan fingerprint density at radius 1 is 0.846 bits per heavy atom. The number of amidine groups is 2. The first-order valence-electron chi connectivity index (χ1n) is 13.2. The van der Waals surface area contributed by atoms with Crippen LogP contribution in [-0.4, -0.2) is 59.3 Å². The van der Waals surface area contributed by atoms with Crippen LogP contribution in [0, 0.1) is 16.7 Å². The Balaban J connectivity index is 1.90. The second-order valence-corrected chi connectivity index (χ2v) is 10.3. The maximum absolute atomic E-state index is 13.8. The molecule has 0 aromatic heterocycles. The molecule has 0 spiro atoms. The van der Waals surface area contributed by atoms with Gasteiger partial charge < -0.3 is 26.6 Å². The van der Waals surface area contributed by atoms with Gasteiger partial charge in [-0.25, -0.2) is 0 Å². The molecular weight excluding hydrogens is 494 g/mol. The van der Waals surface area contributed by atoms with E-state index < -0.39 is 11.9 Å². The minimum absolute atomic E-state index is 0.0271. The van der Waals surface area contributed by atoms with Gasteiger partial charge in [-0.3, -0.25) is 25.2 Å². The van der Waals surface area contributed by atoms with Gasteiger partial charge >= 0.3 is 0 Å². The molecule has 0 saturated heterocycles. The highest BCUT2D eigenvalue weighted by Gasteiger charge is 2.37. The van der Waals surface area contributed by atoms with Crippen LogP contribution in [0.2, 0.25) is 0 Å². The lowest BCUT2D eigenvalue weighted by molar-refractivity contribution is -0.147. The summed E-state index contributed by atoms with van der Waals surface area (Å²) in [4.78, 5) is 42.8. The van der Waals surface area contributed by atoms with Crippen LogP contribution in [0.25, 0.3) is 0 Å². The first-order chi connectivity index (χ1) is 18.6. The van der Waals surface area contributed by atoms with E-state index in [0.717, 1.165) is 43.2 Å². The van der Waals surface area contributed by atoms with Gasteiger partial charge in [-0.2, -0.15) is 0 Å². The van der Waals surface area contributed by atoms with Gasteiger partial charge in [0.2, 0.25) is 17.7 Å². The molecule has 0 heterocycles. The first-order valence-corrected chi connectivity index (χ1v) is 13.2. The molecule has 0 bridgehead atoms. The van der Waals surface area contributed by atoms with E-state index >= 15 is 0 Å². The smallest absolute Gasteiger partial charge is 0.243 e. The summed E-state index contributed by atoms with van der Waals surface area (Å²) < 4.78 is 0. The van der Waals surface area contributed by atoms with Crippen LogP contribution in [0.1, 0.15) is 60.8 Å². The average molecular weight is 534 g/mol. The maximum atomic E-state index is 13.8. The maximum Gasteiger partial charge on any atom is 0.243 e. The number of amides is 3. The van der Waals surface area contributed by atoms with Gasteiger partial charge in [0.15, 0.2) is 0 Å². The molecule has 1 aliphatic rings. The Bertz CT molecular complexity index is 1190. The normalized spacial score (nSPS) is 14.2. The molecular formula is C29H39N7O3. The van der Waals surface area contributed by atoms with Crippen LogP contribution < -0.4 is 16.8 Å². The van der Waals surface area contributed by atoms with Gasteiger partial charge in [0.25, 0.3) is 0 Å². The Morgan fingerprint density at radius 3 is 1.85 bits per heavy atom. The summed E-state index contributed by atoms with van der Waals surface area (Å²) in [6.07, 6.45) is 4.36. The van der Waals surface area contributed by atoms with Gasteiger partial charge in [0, 0.05) is 38.3 Å². The Morgan fingerprint density at radius 2 is 1.36 bits per heavy atom. The van der Waals surface area contributed by atoms with Crippen molar-refractivity contribution in [2.24, 2.45) is 17.4 Å². The Kier molecular flexibility index (Phi) is 10.2. The third-order valence-corrected chi connectivity index (χ3v) is 7.17. The number of carbonyl (C=O) groups excluding carboxylic acids is 3. The zero-order valence-electron chi connectivity index (χ0n) is 22.7. The van der Waals surface area contributed by atoms with Crippen LogP contribution in [0.3, 0.4) is 0 Å². The largest absolute Gasteiger partial charge is 0.384 e. The average Bonchev–Trinajstić information content (AvgIpc) is 2.92.